The Morgan fingerprint density at radius 3 is 2.49 bits per heavy atom. The van der Waals surface area contributed by atoms with Crippen LogP contribution in [-0.2, 0) is 0 Å². The topological polar surface area (TPSA) is 109 Å². The Hall–Kier alpha value is -4.21. The number of carbonyl (C=O) groups is 2. The molecule has 0 saturated carbocycles. The maximum Gasteiger partial charge on any atom is 0.341 e. The van der Waals surface area contributed by atoms with Crippen LogP contribution in [0.1, 0.15) is 28.5 Å². The van der Waals surface area contributed by atoms with Crippen molar-refractivity contribution in [2.24, 2.45) is 5.10 Å². The Balaban J connectivity index is 1.43. The molecule has 3 amide bonds. The maximum absolute atomic E-state index is 14.2. The highest BCUT2D eigenvalue weighted by atomic mass is 19.1. The number of hydrogen-bond acceptors (Lipinski definition) is 7. The molecule has 35 heavy (non-hydrogen) atoms. The summed E-state index contributed by atoms with van der Waals surface area (Å²) in [5, 5.41) is 14.1. The Morgan fingerprint density at radius 1 is 1.14 bits per heavy atom. The first-order valence-corrected chi connectivity index (χ1v) is 10.7. The van der Waals surface area contributed by atoms with E-state index in [-0.39, 0.29) is 25.6 Å². The molecule has 0 radical (unpaired) electrons. The molecule has 1 fully saturated rings. The Morgan fingerprint density at radius 2 is 1.83 bits per heavy atom. The first kappa shape index (κ1) is 23.9. The van der Waals surface area contributed by atoms with E-state index in [0.717, 1.165) is 17.2 Å². The molecule has 10 nitrogen and oxygen atoms in total. The van der Waals surface area contributed by atoms with Crippen LogP contribution in [0.25, 0.3) is 0 Å². The second kappa shape index (κ2) is 9.96. The van der Waals surface area contributed by atoms with Crippen LogP contribution in [0.5, 0.6) is 0 Å². The van der Waals surface area contributed by atoms with Crippen LogP contribution in [0.15, 0.2) is 29.5 Å². The number of halogens is 3. The third-order valence-electron chi connectivity index (χ3n) is 5.72. The molecule has 3 heterocycles. The summed E-state index contributed by atoms with van der Waals surface area (Å²) in [6.07, 6.45) is 2.75. The zero-order valence-electron chi connectivity index (χ0n) is 18.7. The van der Waals surface area contributed by atoms with Crippen LogP contribution in [0.4, 0.5) is 23.9 Å². The van der Waals surface area contributed by atoms with Crippen molar-refractivity contribution in [2.45, 2.75) is 12.5 Å². The highest BCUT2D eigenvalue weighted by Crippen LogP contribution is 2.30. The van der Waals surface area contributed by atoms with E-state index in [9.17, 15) is 22.8 Å². The van der Waals surface area contributed by atoms with E-state index in [4.69, 9.17) is 5.26 Å². The summed E-state index contributed by atoms with van der Waals surface area (Å²) in [7, 11) is 1.36. The van der Waals surface area contributed by atoms with Crippen molar-refractivity contribution in [1.29, 1.82) is 5.26 Å². The van der Waals surface area contributed by atoms with E-state index in [0.29, 0.717) is 25.1 Å². The predicted molar refractivity (Wildman–Crippen MR) is 118 cm³/mol. The minimum atomic E-state index is -0.899. The SMILES string of the molecule is CN(CC#N)C(=O)c1nc(N2CCN(C(=O)N3N=CCC3c3cc(F)cc(F)c3)CC2)ncc1F. The summed E-state index contributed by atoms with van der Waals surface area (Å²) in [5.74, 6) is -2.98. The van der Waals surface area contributed by atoms with Gasteiger partial charge in [0.15, 0.2) is 11.5 Å². The molecule has 1 aromatic carbocycles. The zero-order valence-corrected chi connectivity index (χ0v) is 18.7. The fourth-order valence-electron chi connectivity index (χ4n) is 3.90. The number of aromatic nitrogens is 2. The van der Waals surface area contributed by atoms with E-state index in [1.165, 1.54) is 35.3 Å². The number of amides is 3. The van der Waals surface area contributed by atoms with Crippen LogP contribution in [0.2, 0.25) is 0 Å². The van der Waals surface area contributed by atoms with Gasteiger partial charge in [-0.3, -0.25) is 4.79 Å². The number of nitriles is 1. The second-order valence-corrected chi connectivity index (χ2v) is 8.04. The molecule has 182 valence electrons. The molecule has 1 atom stereocenters. The molecule has 4 rings (SSSR count). The summed E-state index contributed by atoms with van der Waals surface area (Å²) in [6.45, 7) is 0.896. The lowest BCUT2D eigenvalue weighted by Gasteiger charge is -2.37. The summed E-state index contributed by atoms with van der Waals surface area (Å²) in [6, 6.07) is 3.91. The molecule has 2 aliphatic rings. The van der Waals surface area contributed by atoms with Crippen LogP contribution < -0.4 is 4.90 Å². The predicted octanol–water partition coefficient (Wildman–Crippen LogP) is 2.16. The first-order valence-electron chi connectivity index (χ1n) is 10.7. The lowest BCUT2D eigenvalue weighted by Crippen LogP contribution is -2.52. The normalized spacial score (nSPS) is 17.5. The van der Waals surface area contributed by atoms with Crippen molar-refractivity contribution in [3.05, 3.63) is 53.1 Å². The average Bonchev–Trinajstić information content (AvgIpc) is 3.33. The fourth-order valence-corrected chi connectivity index (χ4v) is 3.90. The van der Waals surface area contributed by atoms with Crippen molar-refractivity contribution in [2.75, 3.05) is 44.7 Å². The van der Waals surface area contributed by atoms with Gasteiger partial charge in [-0.15, -0.1) is 0 Å². The number of nitrogens with zero attached hydrogens (tertiary/aromatic N) is 8. The number of hydrazone groups is 1. The number of piperazine rings is 1. The number of urea groups is 1. The van der Waals surface area contributed by atoms with Crippen molar-refractivity contribution in [1.82, 2.24) is 24.8 Å². The number of anilines is 1. The molecule has 1 saturated heterocycles. The van der Waals surface area contributed by atoms with E-state index < -0.39 is 41.1 Å². The molecule has 0 bridgehead atoms. The third kappa shape index (κ3) is 5.01. The number of carbonyl (C=O) groups excluding carboxylic acids is 2. The smallest absolute Gasteiger partial charge is 0.337 e. The van der Waals surface area contributed by atoms with E-state index in [1.54, 1.807) is 4.90 Å². The number of hydrogen-bond donors (Lipinski definition) is 0. The standard InChI is InChI=1S/C22H21F3N8O2/c1-30(5-3-26)20(34)19-17(25)13-27-21(29-19)31-6-8-32(9-7-31)22(35)33-18(2-4-28-33)14-10-15(23)12-16(24)11-14/h4,10-13,18H,2,5-9H2,1H3. The third-order valence-corrected chi connectivity index (χ3v) is 5.72. The lowest BCUT2D eigenvalue weighted by molar-refractivity contribution is 0.0801. The number of rotatable bonds is 4. The molecule has 0 spiro atoms. The minimum Gasteiger partial charge on any atom is -0.337 e. The van der Waals surface area contributed by atoms with Crippen molar-refractivity contribution in [3.8, 4) is 6.07 Å². The zero-order chi connectivity index (χ0) is 25.1. The monoisotopic (exact) mass is 486 g/mol. The van der Waals surface area contributed by atoms with Gasteiger partial charge in [0.2, 0.25) is 5.95 Å². The minimum absolute atomic E-state index is 0.125. The molecule has 0 N–H and O–H groups in total. The van der Waals surface area contributed by atoms with Gasteiger partial charge in [0.05, 0.1) is 18.3 Å². The summed E-state index contributed by atoms with van der Waals surface area (Å²) in [4.78, 5) is 37.8. The molecule has 0 aliphatic carbocycles. The van der Waals surface area contributed by atoms with Crippen LogP contribution in [0.3, 0.4) is 0 Å². The summed E-state index contributed by atoms with van der Waals surface area (Å²) in [5.41, 5.74) is -0.131. The molecular formula is C22H21F3N8O2. The summed E-state index contributed by atoms with van der Waals surface area (Å²) < 4.78 is 41.5. The highest BCUT2D eigenvalue weighted by molar-refractivity contribution is 5.92. The molecule has 1 unspecified atom stereocenters. The molecule has 13 heteroatoms. The van der Waals surface area contributed by atoms with Gasteiger partial charge in [-0.25, -0.2) is 32.9 Å². The van der Waals surface area contributed by atoms with Crippen molar-refractivity contribution >= 4 is 24.1 Å². The second-order valence-electron chi connectivity index (χ2n) is 8.04. The quantitative estimate of drug-likeness (QED) is 0.613. The Bertz CT molecular complexity index is 1190. The van der Waals surface area contributed by atoms with Crippen LogP contribution in [-0.4, -0.2) is 82.7 Å². The van der Waals surface area contributed by atoms with Gasteiger partial charge >= 0.3 is 6.03 Å². The van der Waals surface area contributed by atoms with Gasteiger partial charge in [-0.2, -0.15) is 10.4 Å². The molecule has 1 aromatic heterocycles. The van der Waals surface area contributed by atoms with E-state index >= 15 is 0 Å². The van der Waals surface area contributed by atoms with Gasteiger partial charge in [-0.05, 0) is 17.7 Å². The Labute approximate surface area is 198 Å². The van der Waals surface area contributed by atoms with Crippen LogP contribution >= 0.6 is 0 Å². The first-order chi connectivity index (χ1) is 16.8. The average molecular weight is 486 g/mol. The number of benzene rings is 1. The van der Waals surface area contributed by atoms with Gasteiger partial charge in [-0.1, -0.05) is 0 Å². The Kier molecular flexibility index (Phi) is 6.81. The van der Waals surface area contributed by atoms with Gasteiger partial charge in [0.1, 0.15) is 18.2 Å². The highest BCUT2D eigenvalue weighted by Gasteiger charge is 2.34. The summed E-state index contributed by atoms with van der Waals surface area (Å²) >= 11 is 0. The largest absolute Gasteiger partial charge is 0.341 e. The van der Waals surface area contributed by atoms with Crippen molar-refractivity contribution in [3.63, 3.8) is 0 Å². The molecule has 2 aliphatic heterocycles. The molecule has 2 aromatic rings. The maximum atomic E-state index is 14.2. The van der Waals surface area contributed by atoms with Crippen LogP contribution in [0, 0.1) is 28.8 Å². The fraction of sp³-hybridized carbons (Fsp3) is 0.364. The van der Waals surface area contributed by atoms with Gasteiger partial charge in [0.25, 0.3) is 5.91 Å². The van der Waals surface area contributed by atoms with Gasteiger partial charge in [0, 0.05) is 51.9 Å². The van der Waals surface area contributed by atoms with Gasteiger partial charge < -0.3 is 14.7 Å². The van der Waals surface area contributed by atoms with Crippen molar-refractivity contribution < 1.29 is 22.8 Å². The van der Waals surface area contributed by atoms with E-state index in [1.807, 2.05) is 6.07 Å². The van der Waals surface area contributed by atoms with E-state index in [2.05, 4.69) is 15.1 Å². The molecular weight excluding hydrogens is 465 g/mol. The lowest BCUT2D eigenvalue weighted by atomic mass is 10.0.